The van der Waals surface area contributed by atoms with Crippen molar-refractivity contribution in [2.75, 3.05) is 27.2 Å². The van der Waals surface area contributed by atoms with Crippen molar-refractivity contribution < 1.29 is 14.7 Å². The second-order valence-electron chi connectivity index (χ2n) is 5.60. The zero-order valence-corrected chi connectivity index (χ0v) is 12.1. The first-order valence-electron chi connectivity index (χ1n) is 7.14. The van der Waals surface area contributed by atoms with Gasteiger partial charge in [0.05, 0.1) is 5.41 Å². The van der Waals surface area contributed by atoms with Crippen LogP contribution >= 0.6 is 0 Å². The SMILES string of the molecule is CNCCCN(C)C(=O)CC1(C(=O)O)CCCCC1. The van der Waals surface area contributed by atoms with E-state index >= 15 is 0 Å². The normalized spacial score (nSPS) is 18.0. The quantitative estimate of drug-likeness (QED) is 0.688. The minimum absolute atomic E-state index is 0.0413. The molecule has 0 aromatic carbocycles. The van der Waals surface area contributed by atoms with Crippen LogP contribution in [0.25, 0.3) is 0 Å². The highest BCUT2D eigenvalue weighted by atomic mass is 16.4. The van der Waals surface area contributed by atoms with Crippen molar-refractivity contribution in [2.24, 2.45) is 5.41 Å². The number of carboxylic acids is 1. The van der Waals surface area contributed by atoms with Gasteiger partial charge in [-0.05, 0) is 32.9 Å². The molecule has 1 aliphatic rings. The molecule has 0 aromatic heterocycles. The monoisotopic (exact) mass is 270 g/mol. The number of carbonyl (C=O) groups excluding carboxylic acids is 1. The Bertz CT molecular complexity index is 312. The first-order chi connectivity index (χ1) is 9.02. The minimum Gasteiger partial charge on any atom is -0.481 e. The first-order valence-corrected chi connectivity index (χ1v) is 7.14. The summed E-state index contributed by atoms with van der Waals surface area (Å²) in [6.07, 6.45) is 5.24. The molecule has 0 bridgehead atoms. The number of amides is 1. The van der Waals surface area contributed by atoms with Crippen molar-refractivity contribution in [3.05, 3.63) is 0 Å². The Labute approximate surface area is 115 Å². The largest absolute Gasteiger partial charge is 0.481 e. The molecule has 5 nitrogen and oxygen atoms in total. The lowest BCUT2D eigenvalue weighted by Crippen LogP contribution is -2.40. The van der Waals surface area contributed by atoms with Gasteiger partial charge in [-0.25, -0.2) is 0 Å². The Morgan fingerprint density at radius 3 is 2.42 bits per heavy atom. The van der Waals surface area contributed by atoms with Gasteiger partial charge in [0.1, 0.15) is 0 Å². The van der Waals surface area contributed by atoms with Crippen LogP contribution in [0.2, 0.25) is 0 Å². The average Bonchev–Trinajstić information content (AvgIpc) is 2.39. The van der Waals surface area contributed by atoms with Crippen molar-refractivity contribution in [2.45, 2.75) is 44.9 Å². The number of nitrogens with one attached hydrogen (secondary N) is 1. The van der Waals surface area contributed by atoms with Crippen molar-refractivity contribution in [3.8, 4) is 0 Å². The van der Waals surface area contributed by atoms with E-state index in [-0.39, 0.29) is 12.3 Å². The summed E-state index contributed by atoms with van der Waals surface area (Å²) in [7, 11) is 3.64. The van der Waals surface area contributed by atoms with Gasteiger partial charge < -0.3 is 15.3 Å². The molecule has 1 saturated carbocycles. The predicted octanol–water partition coefficient (Wildman–Crippen LogP) is 1.48. The van der Waals surface area contributed by atoms with Crippen molar-refractivity contribution in [1.29, 1.82) is 0 Å². The van der Waals surface area contributed by atoms with Crippen molar-refractivity contribution in [1.82, 2.24) is 10.2 Å². The summed E-state index contributed by atoms with van der Waals surface area (Å²) in [6.45, 7) is 1.54. The molecule has 0 atom stereocenters. The highest BCUT2D eigenvalue weighted by molar-refractivity contribution is 5.85. The molecule has 1 aliphatic carbocycles. The lowest BCUT2D eigenvalue weighted by Gasteiger charge is -2.33. The Morgan fingerprint density at radius 2 is 1.89 bits per heavy atom. The van der Waals surface area contributed by atoms with Crippen LogP contribution in [0.4, 0.5) is 0 Å². The van der Waals surface area contributed by atoms with E-state index in [1.807, 2.05) is 7.05 Å². The molecule has 0 radical (unpaired) electrons. The zero-order valence-electron chi connectivity index (χ0n) is 12.1. The Morgan fingerprint density at radius 1 is 1.26 bits per heavy atom. The van der Waals surface area contributed by atoms with Crippen LogP contribution in [-0.2, 0) is 9.59 Å². The van der Waals surface area contributed by atoms with Crippen LogP contribution in [0, 0.1) is 5.41 Å². The molecular formula is C14H26N2O3. The van der Waals surface area contributed by atoms with E-state index in [0.717, 1.165) is 32.2 Å². The second-order valence-corrected chi connectivity index (χ2v) is 5.60. The molecule has 19 heavy (non-hydrogen) atoms. The van der Waals surface area contributed by atoms with Crippen molar-refractivity contribution >= 4 is 11.9 Å². The third kappa shape index (κ3) is 4.49. The van der Waals surface area contributed by atoms with E-state index < -0.39 is 11.4 Å². The summed E-state index contributed by atoms with van der Waals surface area (Å²) < 4.78 is 0. The maximum atomic E-state index is 12.2. The highest BCUT2D eigenvalue weighted by Gasteiger charge is 2.41. The summed E-state index contributed by atoms with van der Waals surface area (Å²) in [5.74, 6) is -0.843. The molecule has 5 heteroatoms. The summed E-state index contributed by atoms with van der Waals surface area (Å²) in [4.78, 5) is 25.3. The van der Waals surface area contributed by atoms with Crippen LogP contribution < -0.4 is 5.32 Å². The number of nitrogens with zero attached hydrogens (tertiary/aromatic N) is 1. The van der Waals surface area contributed by atoms with E-state index in [0.29, 0.717) is 19.4 Å². The van der Waals surface area contributed by atoms with E-state index in [2.05, 4.69) is 5.32 Å². The van der Waals surface area contributed by atoms with E-state index in [1.165, 1.54) is 0 Å². The van der Waals surface area contributed by atoms with Gasteiger partial charge in [-0.3, -0.25) is 9.59 Å². The number of rotatable bonds is 7. The summed E-state index contributed by atoms with van der Waals surface area (Å²) in [6, 6.07) is 0. The fourth-order valence-electron chi connectivity index (χ4n) is 2.74. The number of aliphatic carboxylic acids is 1. The smallest absolute Gasteiger partial charge is 0.310 e. The average molecular weight is 270 g/mol. The second kappa shape index (κ2) is 7.48. The first kappa shape index (κ1) is 16.0. The summed E-state index contributed by atoms with van der Waals surface area (Å²) in [5, 5.41) is 12.5. The Kier molecular flexibility index (Phi) is 6.28. The third-order valence-electron chi connectivity index (χ3n) is 4.10. The lowest BCUT2D eigenvalue weighted by molar-refractivity contribution is -0.155. The number of carboxylic acid groups (broad SMARTS) is 1. The Balaban J connectivity index is 2.54. The standard InChI is InChI=1S/C14H26N2O3/c1-15-9-6-10-16(2)12(17)11-14(13(18)19)7-4-3-5-8-14/h15H,3-11H2,1-2H3,(H,18,19). The van der Waals surface area contributed by atoms with Gasteiger partial charge in [-0.1, -0.05) is 19.3 Å². The molecule has 0 saturated heterocycles. The molecule has 0 unspecified atom stereocenters. The number of carbonyl (C=O) groups is 2. The topological polar surface area (TPSA) is 69.6 Å². The molecule has 0 aromatic rings. The molecule has 110 valence electrons. The fourth-order valence-corrected chi connectivity index (χ4v) is 2.74. The van der Waals surface area contributed by atoms with Crippen molar-refractivity contribution in [3.63, 3.8) is 0 Å². The summed E-state index contributed by atoms with van der Waals surface area (Å²) >= 11 is 0. The van der Waals surface area contributed by atoms with Gasteiger partial charge in [0.25, 0.3) is 0 Å². The van der Waals surface area contributed by atoms with Gasteiger partial charge in [0, 0.05) is 20.0 Å². The molecule has 1 fully saturated rings. The lowest BCUT2D eigenvalue weighted by atomic mass is 9.71. The minimum atomic E-state index is -0.813. The van der Waals surface area contributed by atoms with E-state index in [9.17, 15) is 14.7 Å². The molecule has 0 spiro atoms. The molecule has 0 heterocycles. The highest BCUT2D eigenvalue weighted by Crippen LogP contribution is 2.39. The predicted molar refractivity (Wildman–Crippen MR) is 74.0 cm³/mol. The molecule has 2 N–H and O–H groups in total. The Hall–Kier alpha value is -1.10. The number of hydrogen-bond acceptors (Lipinski definition) is 3. The van der Waals surface area contributed by atoms with Crippen LogP contribution in [0.3, 0.4) is 0 Å². The number of hydrogen-bond donors (Lipinski definition) is 2. The van der Waals surface area contributed by atoms with Gasteiger partial charge in [-0.15, -0.1) is 0 Å². The molecule has 0 aliphatic heterocycles. The molecule has 1 rings (SSSR count). The molecular weight excluding hydrogens is 244 g/mol. The van der Waals surface area contributed by atoms with Crippen LogP contribution in [0.1, 0.15) is 44.9 Å². The van der Waals surface area contributed by atoms with Gasteiger partial charge in [0.2, 0.25) is 5.91 Å². The molecule has 1 amide bonds. The fraction of sp³-hybridized carbons (Fsp3) is 0.857. The van der Waals surface area contributed by atoms with Crippen LogP contribution in [0.15, 0.2) is 0 Å². The van der Waals surface area contributed by atoms with E-state index in [4.69, 9.17) is 0 Å². The zero-order chi connectivity index (χ0) is 14.3. The van der Waals surface area contributed by atoms with Crippen LogP contribution in [0.5, 0.6) is 0 Å². The maximum absolute atomic E-state index is 12.2. The maximum Gasteiger partial charge on any atom is 0.310 e. The summed E-state index contributed by atoms with van der Waals surface area (Å²) in [5.41, 5.74) is -0.813. The van der Waals surface area contributed by atoms with Gasteiger partial charge in [-0.2, -0.15) is 0 Å². The van der Waals surface area contributed by atoms with E-state index in [1.54, 1.807) is 11.9 Å². The van der Waals surface area contributed by atoms with Gasteiger partial charge in [0.15, 0.2) is 0 Å². The third-order valence-corrected chi connectivity index (χ3v) is 4.10. The van der Waals surface area contributed by atoms with Crippen LogP contribution in [-0.4, -0.2) is 49.1 Å². The van der Waals surface area contributed by atoms with Gasteiger partial charge >= 0.3 is 5.97 Å².